The third kappa shape index (κ3) is 6.42. The second-order valence-corrected chi connectivity index (χ2v) is 4.80. The van der Waals surface area contributed by atoms with Crippen molar-refractivity contribution in [3.8, 4) is 11.5 Å². The predicted molar refractivity (Wildman–Crippen MR) is 87.2 cm³/mol. The van der Waals surface area contributed by atoms with Crippen LogP contribution in [0.3, 0.4) is 0 Å². The monoisotopic (exact) mass is 321 g/mol. The van der Waals surface area contributed by atoms with Gasteiger partial charge in [0.25, 0.3) is 5.91 Å². The van der Waals surface area contributed by atoms with E-state index in [-0.39, 0.29) is 0 Å². The number of ether oxygens (including phenoxy) is 3. The highest BCUT2D eigenvalue weighted by Gasteiger charge is 2.12. The van der Waals surface area contributed by atoms with Crippen LogP contribution in [0.2, 0.25) is 0 Å². The molecule has 0 radical (unpaired) electrons. The molecule has 0 heterocycles. The molecule has 0 aliphatic carbocycles. The van der Waals surface area contributed by atoms with Crippen molar-refractivity contribution in [2.75, 3.05) is 13.2 Å². The van der Waals surface area contributed by atoms with E-state index in [1.807, 2.05) is 13.8 Å². The third-order valence-electron chi connectivity index (χ3n) is 2.83. The van der Waals surface area contributed by atoms with Gasteiger partial charge >= 0.3 is 5.97 Å². The molecule has 0 saturated heterocycles. The Morgan fingerprint density at radius 1 is 1.22 bits per heavy atom. The van der Waals surface area contributed by atoms with Crippen LogP contribution in [0.5, 0.6) is 11.5 Å². The van der Waals surface area contributed by atoms with E-state index in [2.05, 4.69) is 0 Å². The molecule has 0 aromatic heterocycles. The zero-order valence-electron chi connectivity index (χ0n) is 13.7. The molecule has 126 valence electrons. The fourth-order valence-electron chi connectivity index (χ4n) is 1.66. The Bertz CT molecular complexity index is 568. The van der Waals surface area contributed by atoms with Crippen LogP contribution in [0.4, 0.5) is 0 Å². The van der Waals surface area contributed by atoms with Crippen molar-refractivity contribution in [2.45, 2.75) is 33.3 Å². The maximum absolute atomic E-state index is 11.6. The highest BCUT2D eigenvalue weighted by molar-refractivity contribution is 5.90. The predicted octanol–water partition coefficient (Wildman–Crippen LogP) is 2.30. The fourth-order valence-corrected chi connectivity index (χ4v) is 1.66. The molecule has 6 nitrogen and oxygen atoms in total. The molecule has 0 fully saturated rings. The zero-order chi connectivity index (χ0) is 17.2. The molecule has 23 heavy (non-hydrogen) atoms. The number of primary amides is 1. The number of carbonyl (C=O) groups excluding carboxylic acids is 2. The Labute approximate surface area is 136 Å². The molecule has 1 aromatic rings. The van der Waals surface area contributed by atoms with Gasteiger partial charge in [0, 0.05) is 6.08 Å². The average Bonchev–Trinajstić information content (AvgIpc) is 2.52. The molecule has 0 saturated carbocycles. The van der Waals surface area contributed by atoms with Crippen molar-refractivity contribution >= 4 is 18.0 Å². The van der Waals surface area contributed by atoms with Gasteiger partial charge in [-0.1, -0.05) is 13.0 Å². The van der Waals surface area contributed by atoms with Crippen LogP contribution in [-0.4, -0.2) is 31.2 Å². The van der Waals surface area contributed by atoms with Crippen LogP contribution in [0.1, 0.15) is 32.8 Å². The van der Waals surface area contributed by atoms with Crippen LogP contribution in [0.25, 0.3) is 6.08 Å². The van der Waals surface area contributed by atoms with Crippen molar-refractivity contribution < 1.29 is 23.8 Å². The number of carbonyl (C=O) groups is 2. The van der Waals surface area contributed by atoms with Crippen molar-refractivity contribution in [3.63, 3.8) is 0 Å². The molecular formula is C17H23NO5. The fraction of sp³-hybridized carbons (Fsp3) is 0.412. The Balaban J connectivity index is 2.79. The van der Waals surface area contributed by atoms with Gasteiger partial charge < -0.3 is 19.9 Å². The van der Waals surface area contributed by atoms with Crippen LogP contribution in [0, 0.1) is 0 Å². The van der Waals surface area contributed by atoms with E-state index in [0.717, 1.165) is 12.0 Å². The van der Waals surface area contributed by atoms with E-state index in [1.165, 1.54) is 13.0 Å². The molecule has 0 bridgehead atoms. The van der Waals surface area contributed by atoms with Crippen LogP contribution in [0.15, 0.2) is 24.3 Å². The Kier molecular flexibility index (Phi) is 7.66. The van der Waals surface area contributed by atoms with E-state index in [4.69, 9.17) is 19.9 Å². The SMILES string of the molecule is CCCOc1ccc(/C=C/C(=O)O[C@H](C)C(N)=O)cc1OCC. The summed E-state index contributed by atoms with van der Waals surface area (Å²) in [6.45, 7) is 6.44. The lowest BCUT2D eigenvalue weighted by Gasteiger charge is -2.12. The number of benzene rings is 1. The molecule has 1 rings (SSSR count). The number of nitrogens with two attached hydrogens (primary N) is 1. The summed E-state index contributed by atoms with van der Waals surface area (Å²) in [7, 11) is 0. The average molecular weight is 321 g/mol. The quantitative estimate of drug-likeness (QED) is 0.557. The van der Waals surface area contributed by atoms with Gasteiger partial charge in [0.15, 0.2) is 17.6 Å². The molecular weight excluding hydrogens is 298 g/mol. The van der Waals surface area contributed by atoms with Crippen LogP contribution in [-0.2, 0) is 14.3 Å². The number of rotatable bonds is 9. The lowest BCUT2D eigenvalue weighted by molar-refractivity contribution is -0.148. The third-order valence-corrected chi connectivity index (χ3v) is 2.83. The minimum Gasteiger partial charge on any atom is -0.490 e. The van der Waals surface area contributed by atoms with Gasteiger partial charge in [-0.3, -0.25) is 4.79 Å². The largest absolute Gasteiger partial charge is 0.490 e. The summed E-state index contributed by atoms with van der Waals surface area (Å²) in [5.74, 6) is -0.0545. The van der Waals surface area contributed by atoms with Gasteiger partial charge in [-0.25, -0.2) is 4.79 Å². The summed E-state index contributed by atoms with van der Waals surface area (Å²) < 4.78 is 16.0. The summed E-state index contributed by atoms with van der Waals surface area (Å²) in [5.41, 5.74) is 5.78. The Morgan fingerprint density at radius 2 is 1.96 bits per heavy atom. The molecule has 0 unspecified atom stereocenters. The van der Waals surface area contributed by atoms with Gasteiger partial charge in [-0.05, 0) is 44.0 Å². The first kappa shape index (κ1) is 18.5. The summed E-state index contributed by atoms with van der Waals surface area (Å²) in [6, 6.07) is 5.36. The first-order valence-electron chi connectivity index (χ1n) is 7.55. The van der Waals surface area contributed by atoms with E-state index < -0.39 is 18.0 Å². The van der Waals surface area contributed by atoms with E-state index in [0.29, 0.717) is 24.7 Å². The topological polar surface area (TPSA) is 87.9 Å². The number of esters is 1. The lowest BCUT2D eigenvalue weighted by atomic mass is 10.2. The first-order chi connectivity index (χ1) is 11.0. The standard InChI is InChI=1S/C17H23NO5/c1-4-10-22-14-8-6-13(11-15(14)21-5-2)7-9-16(19)23-12(3)17(18)20/h6-9,11-12H,4-5,10H2,1-3H3,(H2,18,20)/b9-7+/t12-/m1/s1. The Morgan fingerprint density at radius 3 is 2.57 bits per heavy atom. The second-order valence-electron chi connectivity index (χ2n) is 4.80. The van der Waals surface area contributed by atoms with E-state index in [1.54, 1.807) is 24.3 Å². The molecule has 0 spiro atoms. The van der Waals surface area contributed by atoms with Gasteiger partial charge in [0.1, 0.15) is 0 Å². The van der Waals surface area contributed by atoms with Crippen molar-refractivity contribution in [1.29, 1.82) is 0 Å². The molecule has 1 atom stereocenters. The second kappa shape index (κ2) is 9.50. The van der Waals surface area contributed by atoms with E-state index in [9.17, 15) is 9.59 Å². The van der Waals surface area contributed by atoms with Crippen LogP contribution < -0.4 is 15.2 Å². The summed E-state index contributed by atoms with van der Waals surface area (Å²) in [4.78, 5) is 22.4. The molecule has 6 heteroatoms. The number of hydrogen-bond donors (Lipinski definition) is 1. The summed E-state index contributed by atoms with van der Waals surface area (Å²) in [6.07, 6.45) is 2.74. The van der Waals surface area contributed by atoms with Crippen molar-refractivity contribution in [1.82, 2.24) is 0 Å². The molecule has 1 amide bonds. The maximum Gasteiger partial charge on any atom is 0.331 e. The van der Waals surface area contributed by atoms with Gasteiger partial charge in [-0.15, -0.1) is 0 Å². The molecule has 2 N–H and O–H groups in total. The zero-order valence-corrected chi connectivity index (χ0v) is 13.7. The van der Waals surface area contributed by atoms with Gasteiger partial charge in [-0.2, -0.15) is 0 Å². The van der Waals surface area contributed by atoms with Gasteiger partial charge in [0.05, 0.1) is 13.2 Å². The number of hydrogen-bond acceptors (Lipinski definition) is 5. The molecule has 0 aliphatic rings. The minimum atomic E-state index is -0.962. The lowest BCUT2D eigenvalue weighted by Crippen LogP contribution is -2.29. The van der Waals surface area contributed by atoms with E-state index >= 15 is 0 Å². The highest BCUT2D eigenvalue weighted by atomic mass is 16.5. The molecule has 0 aliphatic heterocycles. The first-order valence-corrected chi connectivity index (χ1v) is 7.55. The maximum atomic E-state index is 11.6. The van der Waals surface area contributed by atoms with Crippen molar-refractivity contribution in [2.24, 2.45) is 5.73 Å². The summed E-state index contributed by atoms with van der Waals surface area (Å²) in [5, 5.41) is 0. The van der Waals surface area contributed by atoms with Gasteiger partial charge in [0.2, 0.25) is 0 Å². The summed E-state index contributed by atoms with van der Waals surface area (Å²) >= 11 is 0. The van der Waals surface area contributed by atoms with Crippen LogP contribution >= 0.6 is 0 Å². The normalized spacial score (nSPS) is 12.0. The smallest absolute Gasteiger partial charge is 0.331 e. The number of amides is 1. The minimum absolute atomic E-state index is 0.508. The highest BCUT2D eigenvalue weighted by Crippen LogP contribution is 2.29. The Hall–Kier alpha value is -2.50. The molecule has 1 aromatic carbocycles. The van der Waals surface area contributed by atoms with Crippen molar-refractivity contribution in [3.05, 3.63) is 29.8 Å².